The number of pyridine rings is 1. The second kappa shape index (κ2) is 4.65. The van der Waals surface area contributed by atoms with Gasteiger partial charge in [0.2, 0.25) is 0 Å². The largest absolute Gasteiger partial charge is 0.250 e. The molecule has 0 aliphatic rings. The fourth-order valence-electron chi connectivity index (χ4n) is 1.21. The van der Waals surface area contributed by atoms with Gasteiger partial charge >= 0.3 is 0 Å². The van der Waals surface area contributed by atoms with E-state index < -0.39 is 0 Å². The van der Waals surface area contributed by atoms with E-state index in [0.29, 0.717) is 0 Å². The second-order valence-electron chi connectivity index (χ2n) is 4.21. The van der Waals surface area contributed by atoms with Crippen molar-refractivity contribution in [2.24, 2.45) is 0 Å². The average molecular weight is 207 g/mol. The molecule has 0 spiro atoms. The highest BCUT2D eigenvalue weighted by Crippen LogP contribution is 2.30. The van der Waals surface area contributed by atoms with Crippen LogP contribution in [0.25, 0.3) is 0 Å². The molecule has 0 bridgehead atoms. The molecule has 1 heterocycles. The van der Waals surface area contributed by atoms with Gasteiger partial charge < -0.3 is 0 Å². The fourth-order valence-corrected chi connectivity index (χ4v) is 2.16. The summed E-state index contributed by atoms with van der Waals surface area (Å²) in [5.41, 5.74) is 1.48. The number of aromatic nitrogens is 1. The minimum absolute atomic E-state index is 0.164. The lowest BCUT2D eigenvalue weighted by atomic mass is 9.88. The Bertz CT molecular complexity index is 312. The first-order chi connectivity index (χ1) is 6.55. The molecule has 0 N–H and O–H groups in total. The van der Waals surface area contributed by atoms with E-state index in [1.807, 2.05) is 18.3 Å². The van der Waals surface area contributed by atoms with Crippen molar-refractivity contribution >= 4 is 11.8 Å². The lowest BCUT2D eigenvalue weighted by Crippen LogP contribution is -2.13. The molecule has 0 aliphatic heterocycles. The van der Waals surface area contributed by atoms with Crippen molar-refractivity contribution in [1.82, 2.24) is 4.98 Å². The van der Waals surface area contributed by atoms with E-state index in [1.165, 1.54) is 5.56 Å². The van der Waals surface area contributed by atoms with E-state index in [4.69, 9.17) is 0 Å². The Morgan fingerprint density at radius 1 is 1.50 bits per heavy atom. The number of hydrogen-bond acceptors (Lipinski definition) is 2. The highest BCUT2D eigenvalue weighted by atomic mass is 32.2. The number of nitrogens with zero attached hydrogens (tertiary/aromatic N) is 1. The molecule has 0 aromatic carbocycles. The number of rotatable bonds is 3. The van der Waals surface area contributed by atoms with Gasteiger partial charge in [-0.2, -0.15) is 0 Å². The normalized spacial score (nSPS) is 11.4. The highest BCUT2D eigenvalue weighted by molar-refractivity contribution is 7.99. The van der Waals surface area contributed by atoms with Crippen molar-refractivity contribution in [3.8, 4) is 0 Å². The van der Waals surface area contributed by atoms with Crippen molar-refractivity contribution in [1.29, 1.82) is 0 Å². The molecule has 76 valence electrons. The Balaban J connectivity index is 2.97. The topological polar surface area (TPSA) is 12.9 Å². The average Bonchev–Trinajstić information content (AvgIpc) is 2.14. The van der Waals surface area contributed by atoms with Crippen LogP contribution in [0.15, 0.2) is 36.0 Å². The van der Waals surface area contributed by atoms with E-state index >= 15 is 0 Å². The van der Waals surface area contributed by atoms with Crippen molar-refractivity contribution in [3.05, 3.63) is 36.5 Å². The molecule has 1 aromatic heterocycles. The summed E-state index contributed by atoms with van der Waals surface area (Å²) in [6.07, 6.45) is 3.76. The van der Waals surface area contributed by atoms with Gasteiger partial charge in [-0.05, 0) is 17.0 Å². The van der Waals surface area contributed by atoms with Crippen LogP contribution in [0.3, 0.4) is 0 Å². The van der Waals surface area contributed by atoms with Gasteiger partial charge in [0, 0.05) is 11.9 Å². The molecular formula is C12H17NS. The van der Waals surface area contributed by atoms with E-state index in [0.717, 1.165) is 10.8 Å². The minimum atomic E-state index is 0.164. The fraction of sp³-hybridized carbons (Fsp3) is 0.417. The number of thioether (sulfide) groups is 1. The maximum Gasteiger partial charge on any atom is 0.1000 e. The zero-order valence-electron chi connectivity index (χ0n) is 9.08. The zero-order chi connectivity index (χ0) is 10.6. The van der Waals surface area contributed by atoms with Gasteiger partial charge in [-0.25, -0.2) is 4.98 Å². The van der Waals surface area contributed by atoms with Crippen molar-refractivity contribution in [3.63, 3.8) is 0 Å². The molecular weight excluding hydrogens is 190 g/mol. The standard InChI is InChI=1S/C12H17NS/c1-5-9-14-11-10(12(2,3)4)7-6-8-13-11/h5-8H,1,9H2,2-4H3. The van der Waals surface area contributed by atoms with Crippen LogP contribution in [0, 0.1) is 0 Å². The summed E-state index contributed by atoms with van der Waals surface area (Å²) in [6, 6.07) is 4.15. The van der Waals surface area contributed by atoms with Gasteiger partial charge in [-0.15, -0.1) is 18.3 Å². The molecule has 2 heteroatoms. The van der Waals surface area contributed by atoms with E-state index in [2.05, 4.69) is 38.4 Å². The monoisotopic (exact) mass is 207 g/mol. The Labute approximate surface area is 90.6 Å². The Morgan fingerprint density at radius 3 is 2.79 bits per heavy atom. The summed E-state index contributed by atoms with van der Waals surface area (Å²) in [6.45, 7) is 10.3. The SMILES string of the molecule is C=CCSc1ncccc1C(C)(C)C. The van der Waals surface area contributed by atoms with Gasteiger partial charge in [0.05, 0.1) is 5.03 Å². The zero-order valence-corrected chi connectivity index (χ0v) is 9.90. The van der Waals surface area contributed by atoms with E-state index in [1.54, 1.807) is 11.8 Å². The molecule has 0 amide bonds. The molecule has 1 aromatic rings. The number of hydrogen-bond donors (Lipinski definition) is 0. The van der Waals surface area contributed by atoms with Crippen LogP contribution >= 0.6 is 11.8 Å². The lowest BCUT2D eigenvalue weighted by Gasteiger charge is -2.21. The maximum atomic E-state index is 4.40. The van der Waals surface area contributed by atoms with Crippen molar-refractivity contribution in [2.75, 3.05) is 5.75 Å². The van der Waals surface area contributed by atoms with E-state index in [-0.39, 0.29) is 5.41 Å². The highest BCUT2D eigenvalue weighted by Gasteiger charge is 2.18. The van der Waals surface area contributed by atoms with Gasteiger partial charge in [-0.1, -0.05) is 32.9 Å². The smallest absolute Gasteiger partial charge is 0.1000 e. The molecule has 14 heavy (non-hydrogen) atoms. The summed E-state index contributed by atoms with van der Waals surface area (Å²) in [7, 11) is 0. The molecule has 0 radical (unpaired) electrons. The molecule has 0 unspecified atom stereocenters. The molecule has 0 aliphatic carbocycles. The first kappa shape index (κ1) is 11.3. The van der Waals surface area contributed by atoms with E-state index in [9.17, 15) is 0 Å². The molecule has 1 rings (SSSR count). The van der Waals surface area contributed by atoms with Crippen LogP contribution in [0.5, 0.6) is 0 Å². The Kier molecular flexibility index (Phi) is 3.76. The van der Waals surface area contributed by atoms with Gasteiger partial charge in [0.15, 0.2) is 0 Å². The quantitative estimate of drug-likeness (QED) is 0.554. The van der Waals surface area contributed by atoms with Crippen LogP contribution in [-0.2, 0) is 5.41 Å². The predicted octanol–water partition coefficient (Wildman–Crippen LogP) is 3.66. The molecule has 0 saturated carbocycles. The lowest BCUT2D eigenvalue weighted by molar-refractivity contribution is 0.571. The second-order valence-corrected chi connectivity index (χ2v) is 5.21. The first-order valence-corrected chi connectivity index (χ1v) is 5.73. The Hall–Kier alpha value is -0.760. The Morgan fingerprint density at radius 2 is 2.21 bits per heavy atom. The summed E-state index contributed by atoms with van der Waals surface area (Å²) >= 11 is 1.74. The van der Waals surface area contributed by atoms with Gasteiger partial charge in [0.1, 0.15) is 0 Å². The summed E-state index contributed by atoms with van der Waals surface area (Å²) in [4.78, 5) is 4.40. The molecule has 0 atom stereocenters. The third kappa shape index (κ3) is 2.88. The minimum Gasteiger partial charge on any atom is -0.250 e. The summed E-state index contributed by atoms with van der Waals surface area (Å²) in [5, 5.41) is 1.12. The van der Waals surface area contributed by atoms with Crippen LogP contribution in [0.2, 0.25) is 0 Å². The van der Waals surface area contributed by atoms with Crippen LogP contribution in [0.4, 0.5) is 0 Å². The van der Waals surface area contributed by atoms with Crippen LogP contribution < -0.4 is 0 Å². The van der Waals surface area contributed by atoms with Gasteiger partial charge in [-0.3, -0.25) is 0 Å². The van der Waals surface area contributed by atoms with Crippen molar-refractivity contribution < 1.29 is 0 Å². The molecule has 1 nitrogen and oxygen atoms in total. The summed E-state index contributed by atoms with van der Waals surface area (Å²) in [5.74, 6) is 0.917. The van der Waals surface area contributed by atoms with Crippen LogP contribution in [0.1, 0.15) is 26.3 Å². The first-order valence-electron chi connectivity index (χ1n) is 4.75. The summed E-state index contributed by atoms with van der Waals surface area (Å²) < 4.78 is 0. The third-order valence-corrected chi connectivity index (χ3v) is 2.92. The van der Waals surface area contributed by atoms with Crippen LogP contribution in [-0.4, -0.2) is 10.7 Å². The third-order valence-electron chi connectivity index (χ3n) is 1.92. The van der Waals surface area contributed by atoms with Crippen molar-refractivity contribution in [2.45, 2.75) is 31.2 Å². The predicted molar refractivity (Wildman–Crippen MR) is 63.9 cm³/mol. The molecule has 0 saturated heterocycles. The molecule has 0 fully saturated rings. The van der Waals surface area contributed by atoms with Gasteiger partial charge in [0.25, 0.3) is 0 Å². The maximum absolute atomic E-state index is 4.40.